The Morgan fingerprint density at radius 1 is 1.07 bits per heavy atom. The summed E-state index contributed by atoms with van der Waals surface area (Å²) in [5.74, 6) is 0. The summed E-state index contributed by atoms with van der Waals surface area (Å²) in [7, 11) is 0. The number of benzene rings is 2. The fraction of sp³-hybridized carbons (Fsp3) is 0. The van der Waals surface area contributed by atoms with Crippen LogP contribution in [0.3, 0.4) is 0 Å². The van der Waals surface area contributed by atoms with Crippen molar-refractivity contribution < 1.29 is 4.63 Å². The standard InChI is InChI=1S/C10H5ClN2O/c11-8-5-6-3-1-2-4-7(6)9-10(8)13-14-12-9/h1-5H. The average molecular weight is 205 g/mol. The van der Waals surface area contributed by atoms with E-state index in [0.717, 1.165) is 10.8 Å². The van der Waals surface area contributed by atoms with Crippen molar-refractivity contribution in [1.29, 1.82) is 0 Å². The van der Waals surface area contributed by atoms with Crippen LogP contribution in [0.15, 0.2) is 35.0 Å². The zero-order valence-corrected chi connectivity index (χ0v) is 7.82. The van der Waals surface area contributed by atoms with E-state index in [2.05, 4.69) is 14.9 Å². The van der Waals surface area contributed by atoms with Gasteiger partial charge in [-0.1, -0.05) is 35.9 Å². The monoisotopic (exact) mass is 204 g/mol. The number of fused-ring (bicyclic) bond motifs is 3. The Balaban J connectivity index is 2.66. The highest BCUT2D eigenvalue weighted by Gasteiger charge is 2.09. The summed E-state index contributed by atoms with van der Waals surface area (Å²) in [5.41, 5.74) is 1.33. The van der Waals surface area contributed by atoms with E-state index in [1.165, 1.54) is 0 Å². The molecule has 3 rings (SSSR count). The molecule has 3 nitrogen and oxygen atoms in total. The van der Waals surface area contributed by atoms with Crippen molar-refractivity contribution >= 4 is 33.4 Å². The molecule has 0 aliphatic heterocycles. The predicted molar refractivity (Wildman–Crippen MR) is 54.3 cm³/mol. The predicted octanol–water partition coefficient (Wildman–Crippen LogP) is 3.03. The number of aromatic nitrogens is 2. The van der Waals surface area contributed by atoms with E-state index >= 15 is 0 Å². The van der Waals surface area contributed by atoms with Gasteiger partial charge in [-0.2, -0.15) is 0 Å². The maximum absolute atomic E-state index is 6.01. The van der Waals surface area contributed by atoms with Gasteiger partial charge >= 0.3 is 0 Å². The third-order valence-corrected chi connectivity index (χ3v) is 2.50. The molecule has 14 heavy (non-hydrogen) atoms. The molecule has 0 atom stereocenters. The van der Waals surface area contributed by atoms with Crippen LogP contribution in [0.1, 0.15) is 0 Å². The molecule has 4 heteroatoms. The number of rotatable bonds is 0. The van der Waals surface area contributed by atoms with E-state index in [4.69, 9.17) is 11.6 Å². The molecular formula is C10H5ClN2O. The Labute approximate surface area is 84.2 Å². The Morgan fingerprint density at radius 3 is 2.79 bits per heavy atom. The van der Waals surface area contributed by atoms with Gasteiger partial charge in [-0.15, -0.1) is 0 Å². The largest absolute Gasteiger partial charge is 0.243 e. The summed E-state index contributed by atoms with van der Waals surface area (Å²) in [6.07, 6.45) is 0. The summed E-state index contributed by atoms with van der Waals surface area (Å²) >= 11 is 6.01. The fourth-order valence-electron chi connectivity index (χ4n) is 1.57. The lowest BCUT2D eigenvalue weighted by Crippen LogP contribution is -1.77. The fourth-order valence-corrected chi connectivity index (χ4v) is 1.81. The normalized spacial score (nSPS) is 11.2. The molecule has 1 aromatic heterocycles. The highest BCUT2D eigenvalue weighted by molar-refractivity contribution is 6.36. The van der Waals surface area contributed by atoms with Gasteiger partial charge in [-0.3, -0.25) is 0 Å². The Hall–Kier alpha value is -1.61. The molecule has 0 fully saturated rings. The highest BCUT2D eigenvalue weighted by atomic mass is 35.5. The maximum atomic E-state index is 6.01. The van der Waals surface area contributed by atoms with Gasteiger partial charge in [-0.05, 0) is 21.8 Å². The third-order valence-electron chi connectivity index (χ3n) is 2.21. The summed E-state index contributed by atoms with van der Waals surface area (Å²) in [4.78, 5) is 0. The second-order valence-corrected chi connectivity index (χ2v) is 3.45. The van der Waals surface area contributed by atoms with Crippen LogP contribution in [0, 0.1) is 0 Å². The molecule has 3 aromatic rings. The van der Waals surface area contributed by atoms with Crippen molar-refractivity contribution in [3.05, 3.63) is 35.4 Å². The molecule has 0 saturated carbocycles. The van der Waals surface area contributed by atoms with Crippen LogP contribution < -0.4 is 0 Å². The molecule has 0 aliphatic carbocycles. The van der Waals surface area contributed by atoms with Crippen LogP contribution in [0.4, 0.5) is 0 Å². The second-order valence-electron chi connectivity index (χ2n) is 3.04. The molecule has 0 radical (unpaired) electrons. The lowest BCUT2D eigenvalue weighted by atomic mass is 10.1. The van der Waals surface area contributed by atoms with Crippen LogP contribution in [0.5, 0.6) is 0 Å². The average Bonchev–Trinajstić information content (AvgIpc) is 2.67. The van der Waals surface area contributed by atoms with Gasteiger partial charge in [-0.25, -0.2) is 4.63 Å². The number of hydrogen-bond donors (Lipinski definition) is 0. The van der Waals surface area contributed by atoms with E-state index in [0.29, 0.717) is 16.1 Å². The molecule has 0 N–H and O–H groups in total. The summed E-state index contributed by atoms with van der Waals surface area (Å²) in [5, 5.41) is 10.2. The lowest BCUT2D eigenvalue weighted by molar-refractivity contribution is 0.316. The minimum absolute atomic E-state index is 0.569. The van der Waals surface area contributed by atoms with E-state index in [-0.39, 0.29) is 0 Å². The Morgan fingerprint density at radius 2 is 1.86 bits per heavy atom. The SMILES string of the molecule is Clc1cc2ccccc2c2nonc12. The number of halogens is 1. The minimum Gasteiger partial charge on any atom is -0.243 e. The Kier molecular flexibility index (Phi) is 1.49. The molecular weight excluding hydrogens is 200 g/mol. The van der Waals surface area contributed by atoms with Crippen LogP contribution >= 0.6 is 11.6 Å². The third kappa shape index (κ3) is 0.930. The summed E-state index contributed by atoms with van der Waals surface area (Å²) < 4.78 is 4.67. The second kappa shape index (κ2) is 2.69. The zero-order chi connectivity index (χ0) is 9.54. The van der Waals surface area contributed by atoms with Crippen molar-refractivity contribution in [2.24, 2.45) is 0 Å². The van der Waals surface area contributed by atoms with Crippen molar-refractivity contribution in [2.75, 3.05) is 0 Å². The van der Waals surface area contributed by atoms with Gasteiger partial charge in [0.15, 0.2) is 5.52 Å². The van der Waals surface area contributed by atoms with Gasteiger partial charge in [0.25, 0.3) is 0 Å². The van der Waals surface area contributed by atoms with Crippen molar-refractivity contribution in [3.8, 4) is 0 Å². The van der Waals surface area contributed by atoms with Crippen LogP contribution in [-0.2, 0) is 0 Å². The molecule has 0 bridgehead atoms. The number of hydrogen-bond acceptors (Lipinski definition) is 3. The van der Waals surface area contributed by atoms with Crippen LogP contribution in [0.2, 0.25) is 5.02 Å². The first kappa shape index (κ1) is 7.76. The maximum Gasteiger partial charge on any atom is 0.154 e. The molecule has 2 aromatic carbocycles. The van der Waals surface area contributed by atoms with Gasteiger partial charge in [0.1, 0.15) is 5.52 Å². The molecule has 0 amide bonds. The van der Waals surface area contributed by atoms with Gasteiger partial charge in [0, 0.05) is 5.39 Å². The van der Waals surface area contributed by atoms with Crippen LogP contribution in [0.25, 0.3) is 21.8 Å². The first-order chi connectivity index (χ1) is 6.86. The van der Waals surface area contributed by atoms with E-state index < -0.39 is 0 Å². The molecule has 0 unspecified atom stereocenters. The van der Waals surface area contributed by atoms with E-state index in [1.54, 1.807) is 0 Å². The van der Waals surface area contributed by atoms with E-state index in [9.17, 15) is 0 Å². The molecule has 0 aliphatic rings. The Bertz CT molecular complexity index is 618. The van der Waals surface area contributed by atoms with Crippen molar-refractivity contribution in [3.63, 3.8) is 0 Å². The quantitative estimate of drug-likeness (QED) is 0.565. The summed E-state index contributed by atoms with van der Waals surface area (Å²) in [6, 6.07) is 9.72. The first-order valence-corrected chi connectivity index (χ1v) is 4.53. The number of nitrogens with zero attached hydrogens (tertiary/aromatic N) is 2. The first-order valence-electron chi connectivity index (χ1n) is 4.16. The molecule has 0 spiro atoms. The van der Waals surface area contributed by atoms with Crippen molar-refractivity contribution in [1.82, 2.24) is 10.3 Å². The van der Waals surface area contributed by atoms with Gasteiger partial charge in [0.05, 0.1) is 5.02 Å². The smallest absolute Gasteiger partial charge is 0.154 e. The molecule has 68 valence electrons. The van der Waals surface area contributed by atoms with Crippen LogP contribution in [-0.4, -0.2) is 10.3 Å². The lowest BCUT2D eigenvalue weighted by Gasteiger charge is -1.97. The van der Waals surface area contributed by atoms with E-state index in [1.807, 2.05) is 30.3 Å². The van der Waals surface area contributed by atoms with Gasteiger partial charge in [0.2, 0.25) is 0 Å². The highest BCUT2D eigenvalue weighted by Crippen LogP contribution is 2.28. The van der Waals surface area contributed by atoms with Gasteiger partial charge < -0.3 is 0 Å². The molecule has 1 heterocycles. The topological polar surface area (TPSA) is 38.9 Å². The van der Waals surface area contributed by atoms with Crippen molar-refractivity contribution in [2.45, 2.75) is 0 Å². The summed E-state index contributed by atoms with van der Waals surface area (Å²) in [6.45, 7) is 0. The molecule has 0 saturated heterocycles. The zero-order valence-electron chi connectivity index (χ0n) is 7.07. The minimum atomic E-state index is 0.569.